The number of aromatic nitrogens is 3. The number of hydrogen-bond acceptors (Lipinski definition) is 4. The molecule has 5 heteroatoms. The fourth-order valence-corrected chi connectivity index (χ4v) is 5.81. The highest BCUT2D eigenvalue weighted by atomic mass is 32.1. The Bertz CT molecular complexity index is 1420. The van der Waals surface area contributed by atoms with Gasteiger partial charge in [0, 0.05) is 77.3 Å². The van der Waals surface area contributed by atoms with Gasteiger partial charge >= 0.3 is 0 Å². The maximum Gasteiger partial charge on any atom is 0.0644 e. The third-order valence-electron chi connectivity index (χ3n) is 6.44. The molecule has 1 aliphatic heterocycles. The molecule has 6 rings (SSSR count). The van der Waals surface area contributed by atoms with Crippen molar-refractivity contribution in [2.24, 2.45) is 0 Å². The van der Waals surface area contributed by atoms with Crippen LogP contribution < -0.4 is 0 Å². The Hall–Kier alpha value is -3.28. The number of thiophene rings is 1. The summed E-state index contributed by atoms with van der Waals surface area (Å²) in [7, 11) is 2.22. The van der Waals surface area contributed by atoms with Crippen LogP contribution in [0.4, 0.5) is 0 Å². The molecule has 0 spiro atoms. The van der Waals surface area contributed by atoms with Gasteiger partial charge in [0.15, 0.2) is 0 Å². The van der Waals surface area contributed by atoms with Crippen molar-refractivity contribution in [3.63, 3.8) is 0 Å². The number of likely N-dealkylation sites (N-methyl/N-ethyl adjacent to an activating group) is 1. The van der Waals surface area contributed by atoms with Gasteiger partial charge in [-0.15, -0.1) is 11.3 Å². The van der Waals surface area contributed by atoms with E-state index in [9.17, 15) is 0 Å². The Morgan fingerprint density at radius 3 is 2.28 bits per heavy atom. The van der Waals surface area contributed by atoms with Crippen LogP contribution in [0.5, 0.6) is 0 Å². The smallest absolute Gasteiger partial charge is 0.0644 e. The summed E-state index contributed by atoms with van der Waals surface area (Å²) in [5.74, 6) is 0. The van der Waals surface area contributed by atoms with E-state index in [-0.39, 0.29) is 0 Å². The van der Waals surface area contributed by atoms with Gasteiger partial charge in [-0.3, -0.25) is 9.97 Å². The lowest BCUT2D eigenvalue weighted by Crippen LogP contribution is -2.27. The number of pyridine rings is 2. The maximum absolute atomic E-state index is 4.26. The molecule has 0 N–H and O–H groups in total. The Kier molecular flexibility index (Phi) is 4.67. The second-order valence-electron chi connectivity index (χ2n) is 8.60. The van der Waals surface area contributed by atoms with E-state index in [2.05, 4.69) is 80.6 Å². The molecule has 4 nitrogen and oxygen atoms in total. The van der Waals surface area contributed by atoms with Crippen LogP contribution in [0.15, 0.2) is 71.9 Å². The van der Waals surface area contributed by atoms with Crippen LogP contribution in [0.1, 0.15) is 16.8 Å². The van der Waals surface area contributed by atoms with E-state index in [1.165, 1.54) is 55.7 Å². The molecule has 32 heavy (non-hydrogen) atoms. The summed E-state index contributed by atoms with van der Waals surface area (Å²) in [6.45, 7) is 4.25. The summed E-state index contributed by atoms with van der Waals surface area (Å²) >= 11 is 1.76. The second-order valence-corrected chi connectivity index (χ2v) is 9.34. The molecule has 5 heterocycles. The summed E-state index contributed by atoms with van der Waals surface area (Å²) in [6.07, 6.45) is 8.57. The number of hydrogen-bond donors (Lipinski definition) is 0. The first-order valence-corrected chi connectivity index (χ1v) is 11.9. The fraction of sp³-hybridized carbons (Fsp3) is 0.185. The van der Waals surface area contributed by atoms with Crippen molar-refractivity contribution in [1.82, 2.24) is 19.4 Å². The molecule has 4 aromatic heterocycles. The van der Waals surface area contributed by atoms with Crippen molar-refractivity contribution < 1.29 is 0 Å². The Morgan fingerprint density at radius 1 is 0.875 bits per heavy atom. The van der Waals surface area contributed by atoms with Crippen molar-refractivity contribution in [3.05, 3.63) is 88.8 Å². The second kappa shape index (κ2) is 7.69. The van der Waals surface area contributed by atoms with Gasteiger partial charge in [-0.1, -0.05) is 0 Å². The number of benzene rings is 1. The van der Waals surface area contributed by atoms with E-state index >= 15 is 0 Å². The predicted octanol–water partition coefficient (Wildman–Crippen LogP) is 6.11. The van der Waals surface area contributed by atoms with E-state index in [1.54, 1.807) is 11.3 Å². The van der Waals surface area contributed by atoms with Gasteiger partial charge < -0.3 is 9.47 Å². The van der Waals surface area contributed by atoms with Crippen molar-refractivity contribution in [2.75, 3.05) is 13.6 Å². The summed E-state index contributed by atoms with van der Waals surface area (Å²) < 4.78 is 2.54. The van der Waals surface area contributed by atoms with Crippen molar-refractivity contribution >= 4 is 22.2 Å². The summed E-state index contributed by atoms with van der Waals surface area (Å²) in [4.78, 5) is 10.9. The lowest BCUT2D eigenvalue weighted by atomic mass is 9.98. The molecule has 0 saturated heterocycles. The molecule has 0 radical (unpaired) electrons. The molecule has 0 fully saturated rings. The normalized spacial score (nSPS) is 14.1. The van der Waals surface area contributed by atoms with Gasteiger partial charge in [-0.2, -0.15) is 0 Å². The molecule has 5 aromatic rings. The zero-order valence-corrected chi connectivity index (χ0v) is 19.1. The first kappa shape index (κ1) is 19.4. The SMILES string of the molecule is Cc1cc(-c2ccncc2)c2c(c1)c1c(n2-c2cscc2-c2ccncc2)CCN(C)C1. The van der Waals surface area contributed by atoms with Crippen molar-refractivity contribution in [1.29, 1.82) is 0 Å². The van der Waals surface area contributed by atoms with Crippen molar-refractivity contribution in [2.45, 2.75) is 19.9 Å². The van der Waals surface area contributed by atoms with E-state index < -0.39 is 0 Å². The number of aryl methyl sites for hydroxylation is 1. The molecule has 158 valence electrons. The van der Waals surface area contributed by atoms with Crippen LogP contribution in [0.3, 0.4) is 0 Å². The molecule has 0 bridgehead atoms. The highest BCUT2D eigenvalue weighted by molar-refractivity contribution is 7.08. The number of fused-ring (bicyclic) bond motifs is 3. The van der Waals surface area contributed by atoms with E-state index in [4.69, 9.17) is 0 Å². The van der Waals surface area contributed by atoms with Crippen LogP contribution in [0.2, 0.25) is 0 Å². The van der Waals surface area contributed by atoms with Gasteiger partial charge in [-0.05, 0) is 72.6 Å². The number of nitrogens with zero attached hydrogens (tertiary/aromatic N) is 4. The van der Waals surface area contributed by atoms with Gasteiger partial charge in [-0.25, -0.2) is 0 Å². The third-order valence-corrected chi connectivity index (χ3v) is 7.18. The molecule has 0 saturated carbocycles. The summed E-state index contributed by atoms with van der Waals surface area (Å²) in [6, 6.07) is 13.1. The van der Waals surface area contributed by atoms with E-state index in [0.29, 0.717) is 0 Å². The van der Waals surface area contributed by atoms with Gasteiger partial charge in [0.2, 0.25) is 0 Å². The Labute approximate surface area is 191 Å². The van der Waals surface area contributed by atoms with Crippen molar-refractivity contribution in [3.8, 4) is 27.9 Å². The molecule has 0 unspecified atom stereocenters. The van der Waals surface area contributed by atoms with Crippen LogP contribution in [-0.4, -0.2) is 33.0 Å². The average molecular weight is 437 g/mol. The topological polar surface area (TPSA) is 34.0 Å². The minimum atomic E-state index is 0.979. The maximum atomic E-state index is 4.26. The van der Waals surface area contributed by atoms with Crippen LogP contribution >= 0.6 is 11.3 Å². The molecule has 1 aromatic carbocycles. The zero-order valence-electron chi connectivity index (χ0n) is 18.2. The highest BCUT2D eigenvalue weighted by Gasteiger charge is 2.26. The molecular formula is C27H24N4S. The quantitative estimate of drug-likeness (QED) is 0.342. The predicted molar refractivity (Wildman–Crippen MR) is 132 cm³/mol. The minimum absolute atomic E-state index is 0.979. The summed E-state index contributed by atoms with van der Waals surface area (Å²) in [5.41, 5.74) is 11.7. The molecule has 0 aliphatic carbocycles. The Morgan fingerprint density at radius 2 is 1.56 bits per heavy atom. The first-order valence-electron chi connectivity index (χ1n) is 10.9. The summed E-state index contributed by atoms with van der Waals surface area (Å²) in [5, 5.41) is 5.92. The molecular weight excluding hydrogens is 412 g/mol. The van der Waals surface area contributed by atoms with Crippen LogP contribution in [0.25, 0.3) is 38.8 Å². The van der Waals surface area contributed by atoms with Gasteiger partial charge in [0.1, 0.15) is 0 Å². The van der Waals surface area contributed by atoms with Crippen LogP contribution in [0, 0.1) is 6.92 Å². The first-order chi connectivity index (χ1) is 15.7. The number of rotatable bonds is 3. The van der Waals surface area contributed by atoms with Crippen LogP contribution in [-0.2, 0) is 13.0 Å². The minimum Gasteiger partial charge on any atom is -0.311 e. The lowest BCUT2D eigenvalue weighted by molar-refractivity contribution is 0.311. The standard InChI is InChI=1S/C27H24N4S/c1-18-13-21(19-3-8-28-9-4-19)27-22(14-18)23-15-30(2)12-7-25(23)31(27)26-17-32-16-24(26)20-5-10-29-11-6-20/h3-6,8-11,13-14,16-17H,7,12,15H2,1-2H3. The molecule has 1 aliphatic rings. The lowest BCUT2D eigenvalue weighted by Gasteiger charge is -2.24. The molecule has 0 amide bonds. The van der Waals surface area contributed by atoms with E-state index in [1.807, 2.05) is 24.8 Å². The van der Waals surface area contributed by atoms with Gasteiger partial charge in [0.25, 0.3) is 0 Å². The average Bonchev–Trinajstić information content (AvgIpc) is 3.42. The fourth-order valence-electron chi connectivity index (χ4n) is 4.99. The Balaban J connectivity index is 1.72. The monoisotopic (exact) mass is 436 g/mol. The largest absolute Gasteiger partial charge is 0.311 e. The molecule has 0 atom stereocenters. The van der Waals surface area contributed by atoms with E-state index in [0.717, 1.165) is 19.5 Å². The van der Waals surface area contributed by atoms with Gasteiger partial charge in [0.05, 0.1) is 11.2 Å². The highest BCUT2D eigenvalue weighted by Crippen LogP contribution is 2.42. The zero-order chi connectivity index (χ0) is 21.7. The third kappa shape index (κ3) is 3.08.